The summed E-state index contributed by atoms with van der Waals surface area (Å²) in [6, 6.07) is 7.81. The normalized spacial score (nSPS) is 15.0. The number of aryl methyl sites for hydroxylation is 2. The minimum absolute atomic E-state index is 0.0177. The third-order valence-electron chi connectivity index (χ3n) is 4.86. The molecule has 0 atom stereocenters. The van der Waals surface area contributed by atoms with E-state index in [2.05, 4.69) is 9.44 Å². The molecule has 146 valence electrons. The molecular weight excluding hydrogens is 384 g/mol. The van der Waals surface area contributed by atoms with Gasteiger partial charge in [-0.15, -0.1) is 0 Å². The predicted octanol–water partition coefficient (Wildman–Crippen LogP) is 3.16. The fraction of sp³-hybridized carbons (Fsp3) is 0.368. The Morgan fingerprint density at radius 1 is 0.852 bits per heavy atom. The van der Waals surface area contributed by atoms with Crippen molar-refractivity contribution in [3.05, 3.63) is 52.6 Å². The first kappa shape index (κ1) is 19.9. The van der Waals surface area contributed by atoms with Crippen LogP contribution < -0.4 is 9.44 Å². The molecule has 1 saturated carbocycles. The van der Waals surface area contributed by atoms with Gasteiger partial charge in [0.05, 0.1) is 15.5 Å². The zero-order valence-corrected chi connectivity index (χ0v) is 17.5. The van der Waals surface area contributed by atoms with Crippen LogP contribution in [0.3, 0.4) is 0 Å². The third-order valence-corrected chi connectivity index (χ3v) is 8.03. The lowest BCUT2D eigenvalue weighted by molar-refractivity contribution is 0.580. The molecule has 1 aliphatic rings. The lowest BCUT2D eigenvalue weighted by atomic mass is 10.0. The Kier molecular flexibility index (Phi) is 5.09. The second kappa shape index (κ2) is 6.92. The highest BCUT2D eigenvalue weighted by Gasteiger charge is 2.28. The number of benzene rings is 2. The number of rotatable bonds is 6. The molecule has 0 amide bonds. The van der Waals surface area contributed by atoms with E-state index in [-0.39, 0.29) is 21.5 Å². The quantitative estimate of drug-likeness (QED) is 0.768. The van der Waals surface area contributed by atoms with Crippen molar-refractivity contribution in [2.75, 3.05) is 4.72 Å². The summed E-state index contributed by atoms with van der Waals surface area (Å²) in [6.45, 7) is 7.29. The van der Waals surface area contributed by atoms with E-state index >= 15 is 0 Å². The molecule has 0 spiro atoms. The molecule has 2 N–H and O–H groups in total. The first-order chi connectivity index (χ1) is 12.5. The molecule has 0 unspecified atom stereocenters. The molecule has 0 heterocycles. The number of hydrogen-bond donors (Lipinski definition) is 2. The van der Waals surface area contributed by atoms with E-state index in [0.29, 0.717) is 11.1 Å². The molecule has 27 heavy (non-hydrogen) atoms. The van der Waals surface area contributed by atoms with Crippen molar-refractivity contribution in [2.45, 2.75) is 56.4 Å². The van der Waals surface area contributed by atoms with Gasteiger partial charge in [0.1, 0.15) is 0 Å². The van der Waals surface area contributed by atoms with Gasteiger partial charge in [-0.05, 0) is 81.0 Å². The summed E-state index contributed by atoms with van der Waals surface area (Å²) < 4.78 is 55.9. The van der Waals surface area contributed by atoms with Crippen molar-refractivity contribution < 1.29 is 16.8 Å². The molecule has 0 radical (unpaired) electrons. The van der Waals surface area contributed by atoms with Gasteiger partial charge in [0.15, 0.2) is 0 Å². The Hall–Kier alpha value is -1.90. The van der Waals surface area contributed by atoms with Gasteiger partial charge in [-0.25, -0.2) is 21.6 Å². The smallest absolute Gasteiger partial charge is 0.262 e. The second-order valence-electron chi connectivity index (χ2n) is 7.12. The highest BCUT2D eigenvalue weighted by molar-refractivity contribution is 7.92. The van der Waals surface area contributed by atoms with Gasteiger partial charge >= 0.3 is 0 Å². The molecule has 0 saturated heterocycles. The Bertz CT molecular complexity index is 1080. The van der Waals surface area contributed by atoms with Gasteiger partial charge in [0, 0.05) is 6.04 Å². The van der Waals surface area contributed by atoms with Crippen LogP contribution in [0.1, 0.15) is 35.1 Å². The van der Waals surface area contributed by atoms with Crippen LogP contribution in [-0.2, 0) is 20.0 Å². The van der Waals surface area contributed by atoms with Gasteiger partial charge in [-0.2, -0.15) is 0 Å². The Morgan fingerprint density at radius 3 is 2.00 bits per heavy atom. The fourth-order valence-corrected chi connectivity index (χ4v) is 6.02. The van der Waals surface area contributed by atoms with Crippen LogP contribution in [0.15, 0.2) is 40.1 Å². The molecule has 0 aromatic heterocycles. The zero-order valence-electron chi connectivity index (χ0n) is 15.8. The van der Waals surface area contributed by atoms with Gasteiger partial charge in [-0.1, -0.05) is 12.1 Å². The number of nitrogens with one attached hydrogen (secondary N) is 2. The summed E-state index contributed by atoms with van der Waals surface area (Å²) in [5, 5.41) is 0. The molecule has 0 aliphatic heterocycles. The molecule has 6 nitrogen and oxygen atoms in total. The van der Waals surface area contributed by atoms with Crippen LogP contribution in [0.5, 0.6) is 0 Å². The van der Waals surface area contributed by atoms with Crippen LogP contribution in [-0.4, -0.2) is 22.9 Å². The van der Waals surface area contributed by atoms with E-state index in [4.69, 9.17) is 0 Å². The predicted molar refractivity (Wildman–Crippen MR) is 106 cm³/mol. The van der Waals surface area contributed by atoms with E-state index in [1.807, 2.05) is 19.9 Å². The molecule has 1 fully saturated rings. The molecule has 2 aromatic rings. The van der Waals surface area contributed by atoms with Crippen LogP contribution in [0.25, 0.3) is 0 Å². The van der Waals surface area contributed by atoms with E-state index < -0.39 is 20.0 Å². The van der Waals surface area contributed by atoms with E-state index in [1.54, 1.807) is 19.9 Å². The van der Waals surface area contributed by atoms with Gasteiger partial charge in [0.25, 0.3) is 10.0 Å². The number of hydrogen-bond acceptors (Lipinski definition) is 4. The van der Waals surface area contributed by atoms with Crippen LogP contribution in [0.2, 0.25) is 0 Å². The van der Waals surface area contributed by atoms with Gasteiger partial charge in [0.2, 0.25) is 10.0 Å². The summed E-state index contributed by atoms with van der Waals surface area (Å²) in [7, 11) is -7.51. The number of sulfonamides is 2. The maximum atomic E-state index is 13.0. The Morgan fingerprint density at radius 2 is 1.44 bits per heavy atom. The van der Waals surface area contributed by atoms with E-state index in [1.165, 1.54) is 18.2 Å². The molecule has 2 aromatic carbocycles. The first-order valence-corrected chi connectivity index (χ1v) is 11.7. The largest absolute Gasteiger partial charge is 0.280 e. The van der Waals surface area contributed by atoms with Crippen molar-refractivity contribution in [3.63, 3.8) is 0 Å². The van der Waals surface area contributed by atoms with E-state index in [0.717, 1.165) is 24.0 Å². The first-order valence-electron chi connectivity index (χ1n) is 8.74. The number of anilines is 1. The van der Waals surface area contributed by atoms with Crippen LogP contribution in [0, 0.1) is 27.7 Å². The second-order valence-corrected chi connectivity index (χ2v) is 10.5. The minimum Gasteiger partial charge on any atom is -0.280 e. The lowest BCUT2D eigenvalue weighted by Gasteiger charge is -2.17. The van der Waals surface area contributed by atoms with Gasteiger partial charge in [-0.3, -0.25) is 4.72 Å². The van der Waals surface area contributed by atoms with Crippen molar-refractivity contribution in [1.29, 1.82) is 0 Å². The van der Waals surface area contributed by atoms with Gasteiger partial charge < -0.3 is 0 Å². The van der Waals surface area contributed by atoms with Crippen molar-refractivity contribution in [3.8, 4) is 0 Å². The summed E-state index contributed by atoms with van der Waals surface area (Å²) in [5.41, 5.74) is 3.37. The zero-order chi connectivity index (χ0) is 20.0. The molecule has 3 rings (SSSR count). The SMILES string of the molecule is Cc1cc(C)c(C)c(S(=O)(=O)Nc2cccc(S(=O)(=O)NC3CC3)c2)c1C. The average molecular weight is 409 g/mol. The molecule has 0 bridgehead atoms. The van der Waals surface area contributed by atoms with Crippen LogP contribution in [0.4, 0.5) is 5.69 Å². The minimum atomic E-state index is -3.86. The highest BCUT2D eigenvalue weighted by Crippen LogP contribution is 2.29. The molecule has 8 heteroatoms. The van der Waals surface area contributed by atoms with E-state index in [9.17, 15) is 16.8 Å². The summed E-state index contributed by atoms with van der Waals surface area (Å²) >= 11 is 0. The standard InChI is InChI=1S/C19H24N2O4S2/c1-12-10-13(2)15(4)19(14(12)3)27(24,25)21-17-6-5-7-18(11-17)26(22,23)20-16-8-9-16/h5-7,10-11,16,20-21H,8-9H2,1-4H3. The van der Waals surface area contributed by atoms with Crippen LogP contribution >= 0.6 is 0 Å². The fourth-order valence-electron chi connectivity index (χ4n) is 3.01. The summed E-state index contributed by atoms with van der Waals surface area (Å²) in [4.78, 5) is 0.285. The van der Waals surface area contributed by atoms with Crippen molar-refractivity contribution >= 4 is 25.7 Å². The highest BCUT2D eigenvalue weighted by atomic mass is 32.2. The monoisotopic (exact) mass is 408 g/mol. The Balaban J connectivity index is 1.97. The molecular formula is C19H24N2O4S2. The van der Waals surface area contributed by atoms with Crippen molar-refractivity contribution in [2.24, 2.45) is 0 Å². The maximum Gasteiger partial charge on any atom is 0.262 e. The lowest BCUT2D eigenvalue weighted by Crippen LogP contribution is -2.25. The maximum absolute atomic E-state index is 13.0. The summed E-state index contributed by atoms with van der Waals surface area (Å²) in [6.07, 6.45) is 1.66. The summed E-state index contributed by atoms with van der Waals surface area (Å²) in [5.74, 6) is 0. The third kappa shape index (κ3) is 4.17. The van der Waals surface area contributed by atoms with Crippen molar-refractivity contribution in [1.82, 2.24) is 4.72 Å². The average Bonchev–Trinajstić information content (AvgIpc) is 3.36. The molecule has 1 aliphatic carbocycles. The topological polar surface area (TPSA) is 92.3 Å². The Labute approximate surface area is 161 Å².